The second-order valence-corrected chi connectivity index (χ2v) is 4.79. The quantitative estimate of drug-likeness (QED) is 0.759. The third-order valence-corrected chi connectivity index (χ3v) is 3.76. The highest BCUT2D eigenvalue weighted by Gasteiger charge is 2.51. The average Bonchev–Trinajstić information content (AvgIpc) is 2.99. The van der Waals surface area contributed by atoms with Crippen LogP contribution < -0.4 is 5.32 Å². The molecule has 1 amide bonds. The molecule has 19 heavy (non-hydrogen) atoms. The van der Waals surface area contributed by atoms with Crippen molar-refractivity contribution in [1.29, 1.82) is 0 Å². The maximum Gasteiger partial charge on any atom is 0.307 e. The minimum Gasteiger partial charge on any atom is -0.481 e. The number of allylic oxidation sites excluding steroid dienone is 2. The lowest BCUT2D eigenvalue weighted by atomic mass is 9.82. The molecule has 1 aromatic rings. The molecule has 1 fully saturated rings. The van der Waals surface area contributed by atoms with Crippen LogP contribution >= 0.6 is 0 Å². The number of hydrogen-bond donors (Lipinski definition) is 2. The van der Waals surface area contributed by atoms with Crippen molar-refractivity contribution in [2.45, 2.75) is 6.42 Å². The van der Waals surface area contributed by atoms with Crippen LogP contribution in [0.1, 0.15) is 6.42 Å². The number of carboxylic acids is 1. The van der Waals surface area contributed by atoms with Gasteiger partial charge >= 0.3 is 5.97 Å². The van der Waals surface area contributed by atoms with Gasteiger partial charge in [-0.25, -0.2) is 4.98 Å². The largest absolute Gasteiger partial charge is 0.481 e. The molecule has 98 valence electrons. The fraction of sp³-hybridized carbons (Fsp3) is 0.417. The molecule has 4 unspecified atom stereocenters. The van der Waals surface area contributed by atoms with Gasteiger partial charge in [0.25, 0.3) is 0 Å². The Morgan fingerprint density at radius 1 is 1.21 bits per heavy atom. The van der Waals surface area contributed by atoms with Crippen molar-refractivity contribution in [3.05, 3.63) is 24.5 Å². The average molecular weight is 260 g/mol. The van der Waals surface area contributed by atoms with Gasteiger partial charge in [0.2, 0.25) is 11.9 Å². The van der Waals surface area contributed by atoms with Gasteiger partial charge in [0.1, 0.15) is 0 Å². The summed E-state index contributed by atoms with van der Waals surface area (Å²) < 4.78 is 0. The molecule has 2 bridgehead atoms. The van der Waals surface area contributed by atoms with Crippen molar-refractivity contribution in [1.82, 2.24) is 15.2 Å². The Bertz CT molecular complexity index is 545. The van der Waals surface area contributed by atoms with E-state index in [4.69, 9.17) is 0 Å². The number of nitrogens with zero attached hydrogens (tertiary/aromatic N) is 3. The van der Waals surface area contributed by atoms with E-state index in [0.717, 1.165) is 6.42 Å². The summed E-state index contributed by atoms with van der Waals surface area (Å²) >= 11 is 0. The van der Waals surface area contributed by atoms with Crippen molar-refractivity contribution >= 4 is 17.8 Å². The summed E-state index contributed by atoms with van der Waals surface area (Å²) in [5.41, 5.74) is 0. The molecular weight excluding hydrogens is 248 g/mol. The van der Waals surface area contributed by atoms with Crippen molar-refractivity contribution in [2.24, 2.45) is 23.7 Å². The monoisotopic (exact) mass is 260 g/mol. The van der Waals surface area contributed by atoms with E-state index in [9.17, 15) is 14.7 Å². The van der Waals surface area contributed by atoms with Gasteiger partial charge in [-0.2, -0.15) is 5.10 Å². The van der Waals surface area contributed by atoms with E-state index in [1.54, 1.807) is 0 Å². The second kappa shape index (κ2) is 4.42. The van der Waals surface area contributed by atoms with Crippen LogP contribution in [0, 0.1) is 23.7 Å². The Balaban J connectivity index is 1.79. The first kappa shape index (κ1) is 11.8. The molecule has 3 rings (SSSR count). The normalized spacial score (nSPS) is 31.4. The molecule has 0 aromatic carbocycles. The molecule has 7 heteroatoms. The Hall–Kier alpha value is -2.31. The van der Waals surface area contributed by atoms with Gasteiger partial charge in [0, 0.05) is 0 Å². The third-order valence-electron chi connectivity index (χ3n) is 3.76. The van der Waals surface area contributed by atoms with Gasteiger partial charge in [-0.05, 0) is 18.3 Å². The van der Waals surface area contributed by atoms with Crippen molar-refractivity contribution < 1.29 is 14.7 Å². The number of hydrogen-bond acceptors (Lipinski definition) is 5. The summed E-state index contributed by atoms with van der Waals surface area (Å²) in [4.78, 5) is 27.4. The number of anilines is 1. The van der Waals surface area contributed by atoms with E-state index >= 15 is 0 Å². The summed E-state index contributed by atoms with van der Waals surface area (Å²) in [6.07, 6.45) is 7.36. The van der Waals surface area contributed by atoms with Crippen LogP contribution in [0.2, 0.25) is 0 Å². The summed E-state index contributed by atoms with van der Waals surface area (Å²) in [5.74, 6) is -2.46. The molecule has 4 atom stereocenters. The van der Waals surface area contributed by atoms with Gasteiger partial charge < -0.3 is 5.11 Å². The molecule has 2 aliphatic carbocycles. The highest BCUT2D eigenvalue weighted by molar-refractivity contribution is 5.95. The maximum absolute atomic E-state index is 12.2. The number of carbonyl (C=O) groups is 2. The summed E-state index contributed by atoms with van der Waals surface area (Å²) in [6.45, 7) is 0. The molecular formula is C12H12N4O3. The zero-order valence-corrected chi connectivity index (χ0v) is 9.93. The van der Waals surface area contributed by atoms with Crippen LogP contribution in [0.4, 0.5) is 5.95 Å². The zero-order valence-electron chi connectivity index (χ0n) is 9.93. The molecule has 0 spiro atoms. The van der Waals surface area contributed by atoms with Crippen molar-refractivity contribution in [2.75, 3.05) is 5.32 Å². The van der Waals surface area contributed by atoms with E-state index in [1.807, 2.05) is 12.2 Å². The first-order chi connectivity index (χ1) is 9.16. The van der Waals surface area contributed by atoms with Crippen LogP contribution in [-0.4, -0.2) is 32.2 Å². The lowest BCUT2D eigenvalue weighted by molar-refractivity contribution is -0.146. The Morgan fingerprint density at radius 3 is 2.58 bits per heavy atom. The number of aromatic nitrogens is 3. The van der Waals surface area contributed by atoms with Gasteiger partial charge in [-0.3, -0.25) is 14.9 Å². The van der Waals surface area contributed by atoms with Gasteiger partial charge in [-0.1, -0.05) is 12.2 Å². The van der Waals surface area contributed by atoms with E-state index in [-0.39, 0.29) is 23.7 Å². The van der Waals surface area contributed by atoms with Gasteiger partial charge in [0.05, 0.1) is 24.2 Å². The number of amides is 1. The highest BCUT2D eigenvalue weighted by atomic mass is 16.4. The Kier molecular flexibility index (Phi) is 2.73. The number of fused-ring (bicyclic) bond motifs is 2. The summed E-state index contributed by atoms with van der Waals surface area (Å²) in [7, 11) is 0. The van der Waals surface area contributed by atoms with Crippen molar-refractivity contribution in [3.63, 3.8) is 0 Å². The fourth-order valence-electron chi connectivity index (χ4n) is 3.01. The maximum atomic E-state index is 12.2. The third kappa shape index (κ3) is 1.96. The van der Waals surface area contributed by atoms with Crippen LogP contribution in [0.25, 0.3) is 0 Å². The molecule has 0 saturated heterocycles. The molecule has 0 aliphatic heterocycles. The van der Waals surface area contributed by atoms with Crippen LogP contribution in [0.15, 0.2) is 24.5 Å². The molecule has 0 radical (unpaired) electrons. The van der Waals surface area contributed by atoms with Gasteiger partial charge in [-0.15, -0.1) is 5.10 Å². The standard InChI is InChI=1S/C12H12N4O3/c17-10(15-12-13-3-4-14-16-12)8-6-1-2-7(5-6)9(8)11(18)19/h1-4,6-9H,5H2,(H,18,19)(H,13,15,16,17). The lowest BCUT2D eigenvalue weighted by Crippen LogP contribution is -2.36. The number of aliphatic carboxylic acids is 1. The molecule has 1 aromatic heterocycles. The molecule has 7 nitrogen and oxygen atoms in total. The first-order valence-electron chi connectivity index (χ1n) is 6.02. The Morgan fingerprint density at radius 2 is 1.95 bits per heavy atom. The van der Waals surface area contributed by atoms with E-state index in [0.29, 0.717) is 0 Å². The molecule has 2 N–H and O–H groups in total. The lowest BCUT2D eigenvalue weighted by Gasteiger charge is -2.23. The molecule has 1 saturated carbocycles. The number of carbonyl (C=O) groups excluding carboxylic acids is 1. The zero-order chi connectivity index (χ0) is 13.4. The fourth-order valence-corrected chi connectivity index (χ4v) is 3.01. The van der Waals surface area contributed by atoms with Crippen LogP contribution in [0.3, 0.4) is 0 Å². The summed E-state index contributed by atoms with van der Waals surface area (Å²) in [6, 6.07) is 0. The molecule has 2 aliphatic rings. The number of rotatable bonds is 3. The predicted octanol–water partition coefficient (Wildman–Crippen LogP) is 0.333. The van der Waals surface area contributed by atoms with E-state index in [2.05, 4.69) is 20.5 Å². The second-order valence-electron chi connectivity index (χ2n) is 4.79. The minimum absolute atomic E-state index is 0.0113. The SMILES string of the molecule is O=C(O)C1C2C=CC(C2)C1C(=O)Nc1nccnn1. The van der Waals surface area contributed by atoms with E-state index < -0.39 is 17.8 Å². The van der Waals surface area contributed by atoms with Crippen LogP contribution in [0.5, 0.6) is 0 Å². The van der Waals surface area contributed by atoms with Crippen molar-refractivity contribution in [3.8, 4) is 0 Å². The van der Waals surface area contributed by atoms with E-state index in [1.165, 1.54) is 12.4 Å². The predicted molar refractivity (Wildman–Crippen MR) is 63.8 cm³/mol. The van der Waals surface area contributed by atoms with Gasteiger partial charge in [0.15, 0.2) is 0 Å². The number of carboxylic acid groups (broad SMARTS) is 1. The first-order valence-corrected chi connectivity index (χ1v) is 6.02. The topological polar surface area (TPSA) is 105 Å². The highest BCUT2D eigenvalue weighted by Crippen LogP contribution is 2.48. The Labute approximate surface area is 108 Å². The minimum atomic E-state index is -0.927. The van der Waals surface area contributed by atoms with Crippen LogP contribution in [-0.2, 0) is 9.59 Å². The smallest absolute Gasteiger partial charge is 0.307 e. The number of nitrogens with one attached hydrogen (secondary N) is 1. The summed E-state index contributed by atoms with van der Waals surface area (Å²) in [5, 5.41) is 19.1. The molecule has 1 heterocycles.